The Morgan fingerprint density at radius 2 is 1.29 bits per heavy atom. The molecule has 8 rings (SSSR count). The molecule has 2 aliphatic heterocycles. The summed E-state index contributed by atoms with van der Waals surface area (Å²) in [4.78, 5) is 63.1. The normalized spacial score (nSPS) is 34.9. The number of hydrogen-bond donors (Lipinski definition) is 0. The fourth-order valence-electron chi connectivity index (χ4n) is 11.5. The van der Waals surface area contributed by atoms with Gasteiger partial charge >= 0.3 is 29.8 Å². The zero-order valence-corrected chi connectivity index (χ0v) is 30.7. The maximum absolute atomic E-state index is 14.3. The summed E-state index contributed by atoms with van der Waals surface area (Å²) in [5.74, 6) is 3.07. The summed E-state index contributed by atoms with van der Waals surface area (Å²) in [6.45, 7) is 11.9. The van der Waals surface area contributed by atoms with Gasteiger partial charge in [0.1, 0.15) is 18.3 Å². The van der Waals surface area contributed by atoms with Crippen molar-refractivity contribution in [2.24, 2.45) is 63.6 Å². The number of carbonyl (C=O) groups excluding carboxylic acids is 5. The minimum Gasteiger partial charge on any atom is -0.469 e. The number of ether oxygens (including phenoxy) is 5. The Bertz CT molecular complexity index is 1310. The average molecular weight is 783 g/mol. The molecule has 0 amide bonds. The van der Waals surface area contributed by atoms with Gasteiger partial charge in [0.05, 0.1) is 42.3 Å². The first-order valence-corrected chi connectivity index (χ1v) is 18.9. The summed E-state index contributed by atoms with van der Waals surface area (Å²) < 4.78 is 27.3. The molecule has 7 unspecified atom stereocenters. The lowest BCUT2D eigenvalue weighted by atomic mass is 9.50. The van der Waals surface area contributed by atoms with Gasteiger partial charge in [-0.15, -0.1) is 0 Å². The number of cyclic esters (lactones) is 2. The molecule has 8 aliphatic rings. The molecule has 2 heterocycles. The lowest BCUT2D eigenvalue weighted by Crippen LogP contribution is -2.59. The zero-order chi connectivity index (χ0) is 35.5. The molecule has 8 fully saturated rings. The predicted octanol–water partition coefficient (Wildman–Crippen LogP) is 10.0. The van der Waals surface area contributed by atoms with Crippen molar-refractivity contribution in [3.63, 3.8) is 0 Å². The van der Waals surface area contributed by atoms with Gasteiger partial charge in [-0.2, -0.15) is 0 Å². The monoisotopic (exact) mass is 783 g/mol. The van der Waals surface area contributed by atoms with E-state index in [1.807, 2.05) is 20.8 Å². The molecule has 0 spiro atoms. The minimum absolute atomic E-state index is 0. The van der Waals surface area contributed by atoms with Crippen molar-refractivity contribution in [1.82, 2.24) is 0 Å². The van der Waals surface area contributed by atoms with E-state index in [2.05, 4.69) is 6.92 Å². The van der Waals surface area contributed by atoms with Crippen LogP contribution in [-0.2, 0) is 47.7 Å². The molecule has 6 aliphatic carbocycles. The molecule has 55 heavy (non-hydrogen) atoms. The zero-order valence-electron chi connectivity index (χ0n) is 30.7. The third-order valence-electron chi connectivity index (χ3n) is 14.1. The molecule has 0 aromatic carbocycles. The predicted molar refractivity (Wildman–Crippen MR) is 218 cm³/mol. The van der Waals surface area contributed by atoms with E-state index >= 15 is 0 Å². The van der Waals surface area contributed by atoms with Crippen LogP contribution in [0.15, 0.2) is 0 Å². The Kier molecular flexibility index (Phi) is 18.3. The van der Waals surface area contributed by atoms with Gasteiger partial charge < -0.3 is 23.7 Å². The average Bonchev–Trinajstić information content (AvgIpc) is 3.84. The standard InChI is InChI=1S/C30H46O8.C9H12O2.6CH4/c1-8-28(4,25(33)35-7)17-29(5,16-27(2,3)24(32)37-22-14-23(31)36-15-22)26(34)38-30(6)20-10-18-9-19(12-20)13-21(30)11-18;10-9-8-6-2-1-5(3-6)7(8)4-11-9;;;;;;/h18-22H,8-17H2,1-7H3;5-8H,1-4H2;6*1H4. The van der Waals surface area contributed by atoms with Gasteiger partial charge in [0.2, 0.25) is 0 Å². The third-order valence-corrected chi connectivity index (χ3v) is 14.1. The maximum Gasteiger partial charge on any atom is 0.312 e. The number of methoxy groups -OCH3 is 1. The maximum atomic E-state index is 14.3. The summed E-state index contributed by atoms with van der Waals surface area (Å²) >= 11 is 0. The van der Waals surface area contributed by atoms with Crippen molar-refractivity contribution in [2.45, 2.75) is 175 Å². The molecule has 2 saturated heterocycles. The van der Waals surface area contributed by atoms with Crippen LogP contribution in [0.1, 0.15) is 163 Å². The molecule has 6 saturated carbocycles. The molecule has 10 heteroatoms. The minimum atomic E-state index is -1.15. The van der Waals surface area contributed by atoms with Gasteiger partial charge in [-0.05, 0) is 141 Å². The number of esters is 5. The second kappa shape index (κ2) is 19.2. The van der Waals surface area contributed by atoms with Crippen LogP contribution in [0.3, 0.4) is 0 Å². The molecule has 6 bridgehead atoms. The summed E-state index contributed by atoms with van der Waals surface area (Å²) in [5, 5.41) is 0. The van der Waals surface area contributed by atoms with Crippen LogP contribution in [0.2, 0.25) is 0 Å². The van der Waals surface area contributed by atoms with Crippen molar-refractivity contribution in [3.05, 3.63) is 0 Å². The van der Waals surface area contributed by atoms with Crippen molar-refractivity contribution in [3.8, 4) is 0 Å². The number of fused-ring (bicyclic) bond motifs is 5. The van der Waals surface area contributed by atoms with Gasteiger partial charge in [0, 0.05) is 5.92 Å². The second-order valence-electron chi connectivity index (χ2n) is 18.1. The summed E-state index contributed by atoms with van der Waals surface area (Å²) in [6, 6.07) is 0. The third kappa shape index (κ3) is 9.91. The first kappa shape index (κ1) is 52.3. The number of hydrogen-bond acceptors (Lipinski definition) is 10. The van der Waals surface area contributed by atoms with E-state index in [0.717, 1.165) is 50.0 Å². The molecule has 0 aromatic heterocycles. The van der Waals surface area contributed by atoms with Crippen molar-refractivity contribution < 1.29 is 47.7 Å². The lowest BCUT2D eigenvalue weighted by molar-refractivity contribution is -0.215. The second-order valence-corrected chi connectivity index (χ2v) is 18.1. The molecule has 0 N–H and O–H groups in total. The molecule has 0 radical (unpaired) electrons. The van der Waals surface area contributed by atoms with E-state index in [-0.39, 0.29) is 88.3 Å². The van der Waals surface area contributed by atoms with Gasteiger partial charge in [0.25, 0.3) is 0 Å². The van der Waals surface area contributed by atoms with Gasteiger partial charge in [-0.3, -0.25) is 24.0 Å². The topological polar surface area (TPSA) is 132 Å². The Hall–Kier alpha value is -2.65. The first-order chi connectivity index (χ1) is 23.0. The lowest BCUT2D eigenvalue weighted by Gasteiger charge is -2.59. The van der Waals surface area contributed by atoms with Crippen LogP contribution in [0, 0.1) is 63.6 Å². The molecule has 322 valence electrons. The van der Waals surface area contributed by atoms with E-state index in [1.165, 1.54) is 32.8 Å². The van der Waals surface area contributed by atoms with E-state index < -0.39 is 39.9 Å². The molecule has 0 aromatic rings. The van der Waals surface area contributed by atoms with E-state index in [9.17, 15) is 24.0 Å². The number of rotatable bonds is 10. The highest BCUT2D eigenvalue weighted by Gasteiger charge is 2.59. The Labute approximate surface area is 335 Å². The SMILES string of the molecule is C.C.C.C.C.C.CCC(C)(CC(C)(CC(C)(C)C(=O)OC1COC(=O)C1)C(=O)OC1(C)C2CC3CC(C2)CC1C3)C(=O)OC.O=C1OCC2C3CCC(C3)C12. The smallest absolute Gasteiger partial charge is 0.312 e. The Morgan fingerprint density at radius 1 is 0.727 bits per heavy atom. The van der Waals surface area contributed by atoms with Crippen LogP contribution in [0.4, 0.5) is 0 Å². The van der Waals surface area contributed by atoms with Crippen LogP contribution in [0.25, 0.3) is 0 Å². The number of carbonyl (C=O) groups is 5. The first-order valence-electron chi connectivity index (χ1n) is 18.9. The summed E-state index contributed by atoms with van der Waals surface area (Å²) in [6.07, 6.45) is 9.82. The molecule has 10 nitrogen and oxygen atoms in total. The van der Waals surface area contributed by atoms with Crippen LogP contribution in [-0.4, -0.2) is 61.9 Å². The fourth-order valence-corrected chi connectivity index (χ4v) is 11.5. The van der Waals surface area contributed by atoms with Gasteiger partial charge in [0.15, 0.2) is 0 Å². The van der Waals surface area contributed by atoms with Crippen molar-refractivity contribution in [2.75, 3.05) is 20.3 Å². The van der Waals surface area contributed by atoms with Crippen molar-refractivity contribution in [1.29, 1.82) is 0 Å². The van der Waals surface area contributed by atoms with Gasteiger partial charge in [-0.1, -0.05) is 51.5 Å². The van der Waals surface area contributed by atoms with Crippen LogP contribution in [0.5, 0.6) is 0 Å². The molecule has 7 atom stereocenters. The molecular weight excluding hydrogens is 700 g/mol. The van der Waals surface area contributed by atoms with Crippen LogP contribution < -0.4 is 0 Å². The fraction of sp³-hybridized carbons (Fsp3) is 0.889. The Morgan fingerprint density at radius 3 is 1.78 bits per heavy atom. The molecular formula is C45H82O10. The largest absolute Gasteiger partial charge is 0.469 e. The highest BCUT2D eigenvalue weighted by molar-refractivity contribution is 5.83. The van der Waals surface area contributed by atoms with Crippen LogP contribution >= 0.6 is 0 Å². The summed E-state index contributed by atoms with van der Waals surface area (Å²) in [7, 11) is 1.35. The van der Waals surface area contributed by atoms with E-state index in [1.54, 1.807) is 13.8 Å². The van der Waals surface area contributed by atoms with E-state index in [0.29, 0.717) is 36.0 Å². The summed E-state index contributed by atoms with van der Waals surface area (Å²) in [5.41, 5.74) is -3.69. The Balaban J connectivity index is 0.00000146. The van der Waals surface area contributed by atoms with E-state index in [4.69, 9.17) is 23.7 Å². The van der Waals surface area contributed by atoms with Crippen molar-refractivity contribution >= 4 is 29.8 Å². The highest BCUT2D eigenvalue weighted by atomic mass is 16.6. The quantitative estimate of drug-likeness (QED) is 0.156. The highest BCUT2D eigenvalue weighted by Crippen LogP contribution is 2.60. The van der Waals surface area contributed by atoms with Gasteiger partial charge in [-0.25, -0.2) is 0 Å².